The molecule has 11 heavy (non-hydrogen) atoms. The summed E-state index contributed by atoms with van der Waals surface area (Å²) in [5.41, 5.74) is 3.56. The molecule has 0 aromatic rings. The number of fused-ring (bicyclic) bond motifs is 2. The Bertz CT molecular complexity index is 208. The molecule has 60 valence electrons. The molecule has 0 nitrogen and oxygen atoms in total. The molecular weight excluding hydrogens is 132 g/mol. The van der Waals surface area contributed by atoms with Crippen molar-refractivity contribution in [2.24, 2.45) is 5.92 Å². The third-order valence-corrected chi connectivity index (χ3v) is 3.02. The van der Waals surface area contributed by atoms with Crippen molar-refractivity contribution in [1.82, 2.24) is 0 Å². The average molecular weight is 148 g/mol. The quantitative estimate of drug-likeness (QED) is 0.526. The van der Waals surface area contributed by atoms with Crippen molar-refractivity contribution in [1.29, 1.82) is 0 Å². The summed E-state index contributed by atoms with van der Waals surface area (Å²) in [6.07, 6.45) is 11.4. The lowest BCUT2D eigenvalue weighted by Crippen LogP contribution is -1.93. The summed E-state index contributed by atoms with van der Waals surface area (Å²) in [6.45, 7) is 2.11. The summed E-state index contributed by atoms with van der Waals surface area (Å²) in [7, 11) is 0. The molecule has 0 aliphatic heterocycles. The van der Waals surface area contributed by atoms with E-state index >= 15 is 0 Å². The average Bonchev–Trinajstić information content (AvgIpc) is 2.60. The van der Waals surface area contributed by atoms with Gasteiger partial charge < -0.3 is 0 Å². The van der Waals surface area contributed by atoms with Gasteiger partial charge >= 0.3 is 0 Å². The van der Waals surface area contributed by atoms with E-state index in [0.717, 1.165) is 5.92 Å². The zero-order chi connectivity index (χ0) is 7.68. The summed E-state index contributed by atoms with van der Waals surface area (Å²) in [5.74, 6) is 1.05. The van der Waals surface area contributed by atoms with Crippen LogP contribution in [0.1, 0.15) is 39.0 Å². The molecule has 1 atom stereocenters. The van der Waals surface area contributed by atoms with Crippen LogP contribution >= 0.6 is 0 Å². The second-order valence-electron chi connectivity index (χ2n) is 3.79. The number of hydrogen-bond donors (Lipinski definition) is 0. The third-order valence-electron chi connectivity index (χ3n) is 3.02. The first kappa shape index (κ1) is 7.15. The summed E-state index contributed by atoms with van der Waals surface area (Å²) in [4.78, 5) is 0. The van der Waals surface area contributed by atoms with Crippen molar-refractivity contribution < 1.29 is 0 Å². The van der Waals surface area contributed by atoms with Crippen LogP contribution in [0.5, 0.6) is 0 Å². The van der Waals surface area contributed by atoms with E-state index in [2.05, 4.69) is 19.1 Å². The first-order valence-corrected chi connectivity index (χ1v) is 4.71. The van der Waals surface area contributed by atoms with Crippen molar-refractivity contribution in [3.05, 3.63) is 23.3 Å². The third kappa shape index (κ3) is 1.26. The molecule has 1 unspecified atom stereocenters. The highest BCUT2D eigenvalue weighted by Crippen LogP contribution is 2.45. The molecule has 2 bridgehead atoms. The molecule has 0 spiro atoms. The number of rotatable bonds is 2. The summed E-state index contributed by atoms with van der Waals surface area (Å²) in [5, 5.41) is 0. The maximum absolute atomic E-state index is 2.29. The first-order chi connectivity index (χ1) is 5.40. The van der Waals surface area contributed by atoms with Gasteiger partial charge in [0.25, 0.3) is 0 Å². The molecule has 0 amide bonds. The van der Waals surface area contributed by atoms with Gasteiger partial charge in [-0.3, -0.25) is 0 Å². The highest BCUT2D eigenvalue weighted by molar-refractivity contribution is 5.27. The highest BCUT2D eigenvalue weighted by atomic mass is 14.3. The molecule has 0 N–H and O–H groups in total. The predicted octanol–water partition coefficient (Wildman–Crippen LogP) is 3.45. The van der Waals surface area contributed by atoms with E-state index in [-0.39, 0.29) is 0 Å². The van der Waals surface area contributed by atoms with Gasteiger partial charge in [-0.05, 0) is 44.9 Å². The van der Waals surface area contributed by atoms with Gasteiger partial charge in [0.15, 0.2) is 0 Å². The van der Waals surface area contributed by atoms with E-state index in [0.29, 0.717) is 0 Å². The van der Waals surface area contributed by atoms with Crippen LogP contribution in [-0.2, 0) is 0 Å². The molecule has 1 fully saturated rings. The Balaban J connectivity index is 2.04. The lowest BCUT2D eigenvalue weighted by molar-refractivity contribution is 0.559. The minimum Gasteiger partial charge on any atom is -0.0913 e. The molecule has 2 aliphatic rings. The van der Waals surface area contributed by atoms with Gasteiger partial charge in [0.1, 0.15) is 0 Å². The van der Waals surface area contributed by atoms with E-state index in [9.17, 15) is 0 Å². The van der Waals surface area contributed by atoms with E-state index in [1.54, 1.807) is 11.1 Å². The zero-order valence-electron chi connectivity index (χ0n) is 7.27. The Morgan fingerprint density at radius 1 is 1.45 bits per heavy atom. The number of hydrogen-bond acceptors (Lipinski definition) is 0. The van der Waals surface area contributed by atoms with Crippen molar-refractivity contribution in [3.8, 4) is 0 Å². The van der Waals surface area contributed by atoms with Crippen molar-refractivity contribution in [2.75, 3.05) is 0 Å². The molecule has 2 aliphatic carbocycles. The molecule has 0 heterocycles. The van der Waals surface area contributed by atoms with Crippen molar-refractivity contribution in [2.45, 2.75) is 39.0 Å². The molecule has 0 radical (unpaired) electrons. The Morgan fingerprint density at radius 3 is 2.91 bits per heavy atom. The summed E-state index contributed by atoms with van der Waals surface area (Å²) < 4.78 is 0. The summed E-state index contributed by atoms with van der Waals surface area (Å²) >= 11 is 0. The Morgan fingerprint density at radius 2 is 2.36 bits per heavy atom. The molecule has 1 saturated carbocycles. The Hall–Kier alpha value is -0.520. The fourth-order valence-corrected chi connectivity index (χ4v) is 2.41. The normalized spacial score (nSPS) is 29.4. The van der Waals surface area contributed by atoms with Crippen molar-refractivity contribution in [3.63, 3.8) is 0 Å². The van der Waals surface area contributed by atoms with Gasteiger partial charge in [-0.15, -0.1) is 0 Å². The molecule has 0 aromatic heterocycles. The fourth-order valence-electron chi connectivity index (χ4n) is 2.41. The number of allylic oxidation sites excluding steroid dienone is 4. The van der Waals surface area contributed by atoms with Gasteiger partial charge in [0.05, 0.1) is 0 Å². The van der Waals surface area contributed by atoms with E-state index in [4.69, 9.17) is 0 Å². The van der Waals surface area contributed by atoms with Crippen LogP contribution in [0.4, 0.5) is 0 Å². The molecule has 2 rings (SSSR count). The highest BCUT2D eigenvalue weighted by Gasteiger charge is 2.28. The standard InChI is InChI=1S/C11H16/c1-2-3-4-10-7-9-5-6-11(10)8-9/h2-3,9H,4-8H2,1H3. The van der Waals surface area contributed by atoms with E-state index < -0.39 is 0 Å². The summed E-state index contributed by atoms with van der Waals surface area (Å²) in [6, 6.07) is 0. The smallest absolute Gasteiger partial charge is 0.0136 e. The topological polar surface area (TPSA) is 0 Å². The minimum absolute atomic E-state index is 1.05. The van der Waals surface area contributed by atoms with Crippen LogP contribution in [0.3, 0.4) is 0 Å². The van der Waals surface area contributed by atoms with Gasteiger partial charge in [0.2, 0.25) is 0 Å². The van der Waals surface area contributed by atoms with Gasteiger partial charge in [-0.1, -0.05) is 23.3 Å². The van der Waals surface area contributed by atoms with Crippen LogP contribution in [0, 0.1) is 5.92 Å². The van der Waals surface area contributed by atoms with Crippen LogP contribution in [-0.4, -0.2) is 0 Å². The monoisotopic (exact) mass is 148 g/mol. The molecule has 0 saturated heterocycles. The van der Waals surface area contributed by atoms with Crippen LogP contribution in [0.15, 0.2) is 23.3 Å². The Labute approximate surface area is 69.0 Å². The maximum atomic E-state index is 2.29. The largest absolute Gasteiger partial charge is 0.0913 e. The predicted molar refractivity (Wildman–Crippen MR) is 48.4 cm³/mol. The molecule has 0 heteroatoms. The lowest BCUT2D eigenvalue weighted by atomic mass is 9.97. The van der Waals surface area contributed by atoms with Gasteiger partial charge in [-0.2, -0.15) is 0 Å². The zero-order valence-corrected chi connectivity index (χ0v) is 7.27. The molecular formula is C11H16. The van der Waals surface area contributed by atoms with Crippen molar-refractivity contribution >= 4 is 0 Å². The van der Waals surface area contributed by atoms with Gasteiger partial charge in [-0.25, -0.2) is 0 Å². The minimum atomic E-state index is 1.05. The fraction of sp³-hybridized carbons (Fsp3) is 0.636. The van der Waals surface area contributed by atoms with Crippen LogP contribution in [0.25, 0.3) is 0 Å². The maximum Gasteiger partial charge on any atom is -0.0136 e. The molecule has 0 aromatic carbocycles. The lowest BCUT2D eigenvalue weighted by Gasteiger charge is -2.09. The van der Waals surface area contributed by atoms with Gasteiger partial charge in [0, 0.05) is 0 Å². The first-order valence-electron chi connectivity index (χ1n) is 4.71. The Kier molecular flexibility index (Phi) is 1.85. The van der Waals surface area contributed by atoms with Crippen LogP contribution in [0.2, 0.25) is 0 Å². The SMILES string of the molecule is CC=CCC1=C2CCC(C1)C2. The second kappa shape index (κ2) is 2.84. The van der Waals surface area contributed by atoms with E-state index in [1.165, 1.54) is 32.1 Å². The van der Waals surface area contributed by atoms with Crippen LogP contribution < -0.4 is 0 Å². The van der Waals surface area contributed by atoms with E-state index in [1.807, 2.05) is 0 Å². The second-order valence-corrected chi connectivity index (χ2v) is 3.79.